The van der Waals surface area contributed by atoms with Crippen molar-refractivity contribution < 1.29 is 90.2 Å². The summed E-state index contributed by atoms with van der Waals surface area (Å²) < 4.78 is 139. The maximum Gasteiger partial charge on any atom is 0.414 e. The molecule has 17 heteroatoms. The summed E-state index contributed by atoms with van der Waals surface area (Å²) in [4.78, 5) is 0. The molecule has 0 rings (SSSR count). The summed E-state index contributed by atoms with van der Waals surface area (Å²) >= 11 is 0. The molecular weight excluding hydrogens is 488 g/mol. The minimum atomic E-state index is -5.20. The average molecular weight is 501 g/mol. The zero-order valence-electron chi connectivity index (χ0n) is 13.1. The number of rotatable bonds is 4. The number of aliphatic hydroxyl groups is 4. The van der Waals surface area contributed by atoms with Gasteiger partial charge in [-0.05, 0) is 0 Å². The zero-order chi connectivity index (χ0) is 22.6. The predicted octanol–water partition coefficient (Wildman–Crippen LogP) is 2.50. The monoisotopic (exact) mass is 500 g/mol. The molecule has 0 aromatic carbocycles. The summed E-state index contributed by atoms with van der Waals surface area (Å²) in [5, 5.41) is 33.0. The average Bonchev–Trinajstić information content (AvgIpc) is 2.41. The molecule has 4 unspecified atom stereocenters. The summed E-state index contributed by atoms with van der Waals surface area (Å²) in [6, 6.07) is 0. The van der Waals surface area contributed by atoms with Crippen molar-refractivity contribution in [3.8, 4) is 0 Å². The Morgan fingerprint density at radius 1 is 0.536 bits per heavy atom. The standard InChI is InChI=1S/C6H8F6O2.C5H5F6O2.Cu/c1-2(3(13)5(7,8)9)4(14)6(10,11)12;6-4(7,8)2(12)1-3(13)5(9,10)11;/h2-4,13-14H,1H3;1-3,12-13H;. The number of hydrogen-bond acceptors (Lipinski definition) is 4. The van der Waals surface area contributed by atoms with E-state index in [1.165, 1.54) is 0 Å². The first-order chi connectivity index (χ1) is 11.5. The molecule has 0 fully saturated rings. The van der Waals surface area contributed by atoms with E-state index in [1.807, 2.05) is 0 Å². The smallest absolute Gasteiger partial charge is 0.383 e. The van der Waals surface area contributed by atoms with Crippen molar-refractivity contribution in [3.05, 3.63) is 6.42 Å². The molecule has 0 bridgehead atoms. The molecule has 176 valence electrons. The Kier molecular flexibility index (Phi) is 12.7. The van der Waals surface area contributed by atoms with Crippen LogP contribution in [0.2, 0.25) is 0 Å². The van der Waals surface area contributed by atoms with Crippen molar-refractivity contribution >= 4 is 0 Å². The van der Waals surface area contributed by atoms with Gasteiger partial charge in [0, 0.05) is 29.4 Å². The Morgan fingerprint density at radius 2 is 0.750 bits per heavy atom. The first-order valence-electron chi connectivity index (χ1n) is 6.37. The molecule has 4 nitrogen and oxygen atoms in total. The third-order valence-electron chi connectivity index (χ3n) is 2.70. The van der Waals surface area contributed by atoms with Crippen LogP contribution < -0.4 is 0 Å². The molecule has 2 radical (unpaired) electrons. The molecule has 28 heavy (non-hydrogen) atoms. The van der Waals surface area contributed by atoms with Crippen LogP contribution in [0.5, 0.6) is 0 Å². The van der Waals surface area contributed by atoms with Crippen LogP contribution in [0.1, 0.15) is 6.92 Å². The van der Waals surface area contributed by atoms with E-state index in [0.717, 1.165) is 0 Å². The summed E-state index contributed by atoms with van der Waals surface area (Å²) in [5.74, 6) is -2.35. The topological polar surface area (TPSA) is 80.9 Å². The van der Waals surface area contributed by atoms with E-state index in [-0.39, 0.29) is 17.1 Å². The van der Waals surface area contributed by atoms with Crippen LogP contribution in [0.25, 0.3) is 0 Å². The van der Waals surface area contributed by atoms with Crippen LogP contribution in [0, 0.1) is 12.3 Å². The SMILES string of the molecule is CC(C(O)C(F)(F)F)C(O)C(F)(F)F.OC([CH]C(O)C(F)(F)F)C(F)(F)F.[Cu]. The van der Waals surface area contributed by atoms with Gasteiger partial charge in [0.15, 0.2) is 24.4 Å². The number of aliphatic hydroxyl groups excluding tert-OH is 4. The van der Waals surface area contributed by atoms with Crippen LogP contribution in [0.15, 0.2) is 0 Å². The Bertz CT molecular complexity index is 395. The van der Waals surface area contributed by atoms with Gasteiger partial charge in [0.1, 0.15) is 0 Å². The van der Waals surface area contributed by atoms with Crippen LogP contribution in [0.3, 0.4) is 0 Å². The van der Waals surface area contributed by atoms with Gasteiger partial charge in [-0.2, -0.15) is 52.7 Å². The van der Waals surface area contributed by atoms with Gasteiger partial charge in [-0.15, -0.1) is 0 Å². The maximum absolute atomic E-state index is 11.7. The fraction of sp³-hybridized carbons (Fsp3) is 0.909. The Hall–Kier alpha value is -0.481. The van der Waals surface area contributed by atoms with Gasteiger partial charge in [0.05, 0.1) is 0 Å². The summed E-state index contributed by atoms with van der Waals surface area (Å²) in [7, 11) is 0. The summed E-state index contributed by atoms with van der Waals surface area (Å²) in [6.45, 7) is 0.469. The van der Waals surface area contributed by atoms with E-state index in [4.69, 9.17) is 20.4 Å². The van der Waals surface area contributed by atoms with E-state index in [1.54, 1.807) is 0 Å². The molecule has 0 aliphatic heterocycles. The number of halogens is 12. The van der Waals surface area contributed by atoms with E-state index in [0.29, 0.717) is 6.92 Å². The van der Waals surface area contributed by atoms with Crippen molar-refractivity contribution in [3.63, 3.8) is 0 Å². The van der Waals surface area contributed by atoms with Crippen molar-refractivity contribution in [1.82, 2.24) is 0 Å². The predicted molar refractivity (Wildman–Crippen MR) is 61.7 cm³/mol. The molecule has 0 saturated carbocycles. The van der Waals surface area contributed by atoms with Gasteiger partial charge in [-0.1, -0.05) is 6.92 Å². The summed E-state index contributed by atoms with van der Waals surface area (Å²) in [5.41, 5.74) is 0. The van der Waals surface area contributed by atoms with Crippen molar-refractivity contribution in [1.29, 1.82) is 0 Å². The molecule has 0 heterocycles. The van der Waals surface area contributed by atoms with E-state index in [2.05, 4.69) is 0 Å². The second-order valence-electron chi connectivity index (χ2n) is 5.00. The van der Waals surface area contributed by atoms with Crippen LogP contribution in [0.4, 0.5) is 52.7 Å². The summed E-state index contributed by atoms with van der Waals surface area (Å²) in [6.07, 6.45) is -34.4. The minimum Gasteiger partial charge on any atom is -0.383 e. The molecule has 0 aliphatic carbocycles. The third-order valence-corrected chi connectivity index (χ3v) is 2.70. The second kappa shape index (κ2) is 11.1. The van der Waals surface area contributed by atoms with E-state index in [9.17, 15) is 52.7 Å². The van der Waals surface area contributed by atoms with Crippen molar-refractivity contribution in [2.45, 2.75) is 56.0 Å². The maximum atomic E-state index is 11.7. The fourth-order valence-electron chi connectivity index (χ4n) is 1.16. The molecule has 4 atom stereocenters. The first kappa shape index (κ1) is 32.2. The van der Waals surface area contributed by atoms with E-state index < -0.39 is 61.5 Å². The molecule has 0 aliphatic rings. The second-order valence-corrected chi connectivity index (χ2v) is 5.00. The van der Waals surface area contributed by atoms with E-state index >= 15 is 0 Å². The molecular formula is C11H13CuF12O4. The molecule has 0 aromatic rings. The van der Waals surface area contributed by atoms with Crippen molar-refractivity contribution in [2.75, 3.05) is 0 Å². The van der Waals surface area contributed by atoms with Gasteiger partial charge in [0.25, 0.3) is 0 Å². The molecule has 0 saturated heterocycles. The first-order valence-corrected chi connectivity index (χ1v) is 6.37. The van der Waals surface area contributed by atoms with Gasteiger partial charge in [-0.3, -0.25) is 0 Å². The largest absolute Gasteiger partial charge is 0.414 e. The number of hydrogen-bond donors (Lipinski definition) is 4. The van der Waals surface area contributed by atoms with Crippen LogP contribution in [-0.2, 0) is 17.1 Å². The quantitative estimate of drug-likeness (QED) is 0.353. The Morgan fingerprint density at radius 3 is 0.893 bits per heavy atom. The van der Waals surface area contributed by atoms with Gasteiger partial charge in [-0.25, -0.2) is 0 Å². The normalized spacial score (nSPS) is 18.8. The molecule has 0 aromatic heterocycles. The van der Waals surface area contributed by atoms with Gasteiger partial charge in [0.2, 0.25) is 0 Å². The van der Waals surface area contributed by atoms with Crippen LogP contribution in [-0.4, -0.2) is 69.5 Å². The third kappa shape index (κ3) is 12.2. The van der Waals surface area contributed by atoms with Crippen molar-refractivity contribution in [2.24, 2.45) is 5.92 Å². The fourth-order valence-corrected chi connectivity index (χ4v) is 1.16. The van der Waals surface area contributed by atoms with Gasteiger partial charge >= 0.3 is 24.7 Å². The van der Waals surface area contributed by atoms with Crippen LogP contribution >= 0.6 is 0 Å². The Labute approximate surface area is 159 Å². The minimum absolute atomic E-state index is 0. The molecule has 4 N–H and O–H groups in total. The Balaban J connectivity index is -0.000000432. The van der Waals surface area contributed by atoms with Gasteiger partial charge < -0.3 is 20.4 Å². The molecule has 0 spiro atoms. The zero-order valence-corrected chi connectivity index (χ0v) is 14.0. The number of alkyl halides is 12. The molecule has 0 amide bonds.